The summed E-state index contributed by atoms with van der Waals surface area (Å²) in [5.41, 5.74) is 1.33. The van der Waals surface area contributed by atoms with Crippen LogP contribution in [0, 0.1) is 0 Å². The molecule has 0 fully saturated rings. The smallest absolute Gasteiger partial charge is 0.345 e. The van der Waals surface area contributed by atoms with Gasteiger partial charge in [0.15, 0.2) is 0 Å². The topological polar surface area (TPSA) is 66.8 Å². The molecule has 0 saturated carbocycles. The van der Waals surface area contributed by atoms with Crippen molar-refractivity contribution in [1.29, 1.82) is 0 Å². The molecule has 1 aliphatic heterocycles. The molecule has 0 spiro atoms. The largest absolute Gasteiger partial charge is 0.496 e. The van der Waals surface area contributed by atoms with Crippen molar-refractivity contribution in [3.05, 3.63) is 50.2 Å². The molecule has 0 aliphatic carbocycles. The zero-order valence-corrected chi connectivity index (χ0v) is 14.6. The van der Waals surface area contributed by atoms with Gasteiger partial charge in [0, 0.05) is 23.0 Å². The molecule has 0 unspecified atom stereocenters. The molecule has 1 amide bonds. The molecular weight excluding hydrogens is 350 g/mol. The lowest BCUT2D eigenvalue weighted by molar-refractivity contribution is 0.0701. The Hall–Kier alpha value is -2.05. The molecule has 24 heavy (non-hydrogen) atoms. The number of fused-ring (bicyclic) bond motifs is 1. The van der Waals surface area contributed by atoms with E-state index in [1.807, 2.05) is 0 Å². The van der Waals surface area contributed by atoms with Crippen LogP contribution in [-0.4, -0.2) is 35.5 Å². The summed E-state index contributed by atoms with van der Waals surface area (Å²) in [5.74, 6) is -0.613. The lowest BCUT2D eigenvalue weighted by Crippen LogP contribution is -2.31. The van der Waals surface area contributed by atoms with Crippen LogP contribution in [0.1, 0.15) is 36.9 Å². The minimum absolute atomic E-state index is 0.162. The average molecular weight is 366 g/mol. The molecule has 0 radical (unpaired) electrons. The van der Waals surface area contributed by atoms with Gasteiger partial charge in [-0.2, -0.15) is 0 Å². The molecule has 1 aromatic carbocycles. The second kappa shape index (κ2) is 6.83. The first kappa shape index (κ1) is 16.8. The summed E-state index contributed by atoms with van der Waals surface area (Å²) >= 11 is 7.31. The number of carbonyl (C=O) groups excluding carboxylic acids is 1. The Labute approximate surface area is 148 Å². The molecule has 1 aliphatic rings. The fraction of sp³-hybridized carbons (Fsp3) is 0.294. The molecule has 1 N–H and O–H groups in total. The molecule has 0 saturated heterocycles. The van der Waals surface area contributed by atoms with Gasteiger partial charge in [0.2, 0.25) is 0 Å². The summed E-state index contributed by atoms with van der Waals surface area (Å²) in [6.45, 7) is 1.01. The van der Waals surface area contributed by atoms with Crippen molar-refractivity contribution >= 4 is 34.8 Å². The number of halogens is 1. The number of aryl methyl sites for hydroxylation is 1. The van der Waals surface area contributed by atoms with Crippen molar-refractivity contribution in [1.82, 2.24) is 4.90 Å². The molecular formula is C17H16ClNO4S. The van der Waals surface area contributed by atoms with Crippen LogP contribution >= 0.6 is 22.9 Å². The van der Waals surface area contributed by atoms with Gasteiger partial charge in [-0.3, -0.25) is 4.79 Å². The Bertz CT molecular complexity index is 802. The maximum atomic E-state index is 12.9. The maximum Gasteiger partial charge on any atom is 0.345 e. The maximum absolute atomic E-state index is 12.9. The number of carbonyl (C=O) groups is 2. The molecule has 2 aromatic rings. The molecule has 0 bridgehead atoms. The molecule has 1 aromatic heterocycles. The number of amides is 1. The highest BCUT2D eigenvalue weighted by Gasteiger charge is 2.25. The summed E-state index contributed by atoms with van der Waals surface area (Å²) in [7, 11) is 1.51. The van der Waals surface area contributed by atoms with Crippen molar-refractivity contribution in [2.24, 2.45) is 0 Å². The highest BCUT2D eigenvalue weighted by molar-refractivity contribution is 7.14. The van der Waals surface area contributed by atoms with E-state index in [0.717, 1.165) is 23.3 Å². The monoisotopic (exact) mass is 365 g/mol. The Morgan fingerprint density at radius 3 is 2.83 bits per heavy atom. The fourth-order valence-corrected chi connectivity index (χ4v) is 4.05. The van der Waals surface area contributed by atoms with E-state index in [0.29, 0.717) is 34.3 Å². The van der Waals surface area contributed by atoms with Crippen molar-refractivity contribution in [3.8, 4) is 5.75 Å². The third-order valence-corrected chi connectivity index (χ3v) is 5.44. The summed E-state index contributed by atoms with van der Waals surface area (Å²) in [6, 6.07) is 6.62. The normalized spacial score (nSPS) is 14.0. The Morgan fingerprint density at radius 1 is 1.33 bits per heavy atom. The van der Waals surface area contributed by atoms with E-state index in [4.69, 9.17) is 21.4 Å². The first-order valence-electron chi connectivity index (χ1n) is 7.47. The molecule has 2 heterocycles. The highest BCUT2D eigenvalue weighted by atomic mass is 35.5. The molecule has 5 nitrogen and oxygen atoms in total. The van der Waals surface area contributed by atoms with Crippen LogP contribution < -0.4 is 4.74 Å². The van der Waals surface area contributed by atoms with Gasteiger partial charge >= 0.3 is 5.97 Å². The minimum atomic E-state index is -0.928. The van der Waals surface area contributed by atoms with Gasteiger partial charge < -0.3 is 14.7 Å². The SMILES string of the molecule is COc1ccc(Cl)cc1C(=O)N1CCCc2sc(C(=O)O)cc2C1. The number of benzene rings is 1. The first-order chi connectivity index (χ1) is 11.5. The number of rotatable bonds is 3. The first-order valence-corrected chi connectivity index (χ1v) is 8.66. The number of carboxylic acid groups (broad SMARTS) is 1. The number of nitrogens with zero attached hydrogens (tertiary/aromatic N) is 1. The second-order valence-corrected chi connectivity index (χ2v) is 7.11. The summed E-state index contributed by atoms with van der Waals surface area (Å²) in [5, 5.41) is 9.63. The predicted molar refractivity (Wildman–Crippen MR) is 92.3 cm³/mol. The van der Waals surface area contributed by atoms with Crippen LogP contribution in [0.4, 0.5) is 0 Å². The Kier molecular flexibility index (Phi) is 4.78. The summed E-state index contributed by atoms with van der Waals surface area (Å²) in [6.07, 6.45) is 1.57. The number of ether oxygens (including phenoxy) is 1. The van der Waals surface area contributed by atoms with Crippen molar-refractivity contribution in [2.75, 3.05) is 13.7 Å². The average Bonchev–Trinajstić information content (AvgIpc) is 2.86. The zero-order valence-electron chi connectivity index (χ0n) is 13.0. The van der Waals surface area contributed by atoms with E-state index < -0.39 is 5.97 Å². The standard InChI is InChI=1S/C17H16ClNO4S/c1-23-13-5-4-11(18)8-12(13)16(20)19-6-2-3-14-10(9-19)7-15(24-14)17(21)22/h4-5,7-8H,2-3,6,9H2,1H3,(H,21,22). The van der Waals surface area contributed by atoms with Crippen LogP contribution in [0.25, 0.3) is 0 Å². The quantitative estimate of drug-likeness (QED) is 0.900. The highest BCUT2D eigenvalue weighted by Crippen LogP contribution is 2.30. The number of hydrogen-bond acceptors (Lipinski definition) is 4. The number of hydrogen-bond donors (Lipinski definition) is 1. The Balaban J connectivity index is 1.90. The van der Waals surface area contributed by atoms with E-state index in [1.54, 1.807) is 29.2 Å². The molecule has 3 rings (SSSR count). The third kappa shape index (κ3) is 3.25. The Morgan fingerprint density at radius 2 is 2.12 bits per heavy atom. The van der Waals surface area contributed by atoms with Gasteiger partial charge in [-0.25, -0.2) is 4.79 Å². The van der Waals surface area contributed by atoms with Crippen molar-refractivity contribution in [3.63, 3.8) is 0 Å². The van der Waals surface area contributed by atoms with Gasteiger partial charge in [0.25, 0.3) is 5.91 Å². The lowest BCUT2D eigenvalue weighted by atomic mass is 10.1. The number of carboxylic acids is 1. The summed E-state index contributed by atoms with van der Waals surface area (Å²) < 4.78 is 5.27. The van der Waals surface area contributed by atoms with E-state index in [2.05, 4.69) is 0 Å². The fourth-order valence-electron chi connectivity index (χ4n) is 2.82. The second-order valence-electron chi connectivity index (χ2n) is 5.54. The van der Waals surface area contributed by atoms with Crippen LogP contribution in [0.5, 0.6) is 5.75 Å². The van der Waals surface area contributed by atoms with Gasteiger partial charge in [0.1, 0.15) is 10.6 Å². The number of methoxy groups -OCH3 is 1. The van der Waals surface area contributed by atoms with Gasteiger partial charge in [-0.15, -0.1) is 11.3 Å². The van der Waals surface area contributed by atoms with Crippen LogP contribution in [0.2, 0.25) is 5.02 Å². The van der Waals surface area contributed by atoms with E-state index in [1.165, 1.54) is 18.4 Å². The minimum Gasteiger partial charge on any atom is -0.496 e. The molecule has 126 valence electrons. The van der Waals surface area contributed by atoms with Crippen LogP contribution in [-0.2, 0) is 13.0 Å². The van der Waals surface area contributed by atoms with E-state index in [9.17, 15) is 9.59 Å². The number of thiophene rings is 1. The van der Waals surface area contributed by atoms with Crippen molar-refractivity contribution in [2.45, 2.75) is 19.4 Å². The van der Waals surface area contributed by atoms with Gasteiger partial charge in [-0.05, 0) is 42.7 Å². The predicted octanol–water partition coefficient (Wildman–Crippen LogP) is 3.70. The van der Waals surface area contributed by atoms with Crippen molar-refractivity contribution < 1.29 is 19.4 Å². The molecule has 0 atom stereocenters. The third-order valence-electron chi connectivity index (χ3n) is 3.98. The summed E-state index contributed by atoms with van der Waals surface area (Å²) in [4.78, 5) is 27.1. The van der Waals surface area contributed by atoms with Crippen LogP contribution in [0.3, 0.4) is 0 Å². The van der Waals surface area contributed by atoms with Gasteiger partial charge in [0.05, 0.1) is 12.7 Å². The van der Waals surface area contributed by atoms with E-state index in [-0.39, 0.29) is 5.91 Å². The van der Waals surface area contributed by atoms with Gasteiger partial charge in [-0.1, -0.05) is 11.6 Å². The zero-order chi connectivity index (χ0) is 17.3. The molecule has 7 heteroatoms. The number of aromatic carboxylic acids is 1. The lowest BCUT2D eigenvalue weighted by Gasteiger charge is -2.22. The van der Waals surface area contributed by atoms with E-state index >= 15 is 0 Å². The van der Waals surface area contributed by atoms with Crippen LogP contribution in [0.15, 0.2) is 24.3 Å².